The molecule has 1 heterocycles. The smallest absolute Gasteiger partial charge is 0.285 e. The molecule has 4 aromatic carbocycles. The number of carbonyl (C=O) groups excluding carboxylic acids is 1. The van der Waals surface area contributed by atoms with Crippen LogP contribution in [0.5, 0.6) is 0 Å². The first-order chi connectivity index (χ1) is 19.2. The third-order valence-electron chi connectivity index (χ3n) is 6.23. The normalized spacial score (nSPS) is 16.2. The molecule has 0 saturated carbocycles. The third kappa shape index (κ3) is 6.03. The Morgan fingerprint density at radius 2 is 1.65 bits per heavy atom. The average Bonchev–Trinajstić information content (AvgIpc) is 3.38. The Hall–Kier alpha value is -4.54. The van der Waals surface area contributed by atoms with E-state index in [4.69, 9.17) is 22.4 Å². The number of hydrogen-bond acceptors (Lipinski definition) is 4. The van der Waals surface area contributed by atoms with Crippen molar-refractivity contribution < 1.29 is 13.2 Å². The number of benzene rings is 4. The highest BCUT2D eigenvalue weighted by Crippen LogP contribution is 2.30. The van der Waals surface area contributed by atoms with Crippen molar-refractivity contribution >= 4 is 55.9 Å². The van der Waals surface area contributed by atoms with Crippen LogP contribution < -0.4 is 11.1 Å². The lowest BCUT2D eigenvalue weighted by Gasteiger charge is -2.16. The minimum absolute atomic E-state index is 0.0160. The summed E-state index contributed by atoms with van der Waals surface area (Å²) in [5.41, 5.74) is 8.38. The fraction of sp³-hybridized carbons (Fsp3) is 0.103. The third-order valence-corrected chi connectivity index (χ3v) is 7.74. The molecular weight excluding hydrogens is 548 g/mol. The highest BCUT2D eigenvalue weighted by molar-refractivity contribution is 7.90. The van der Waals surface area contributed by atoms with Crippen molar-refractivity contribution in [2.75, 3.05) is 6.54 Å². The topological polar surface area (TPSA) is 130 Å². The van der Waals surface area contributed by atoms with Crippen molar-refractivity contribution in [1.29, 1.82) is 0 Å². The quantitative estimate of drug-likeness (QED) is 0.275. The van der Waals surface area contributed by atoms with Gasteiger partial charge in [-0.3, -0.25) is 10.1 Å². The van der Waals surface area contributed by atoms with Gasteiger partial charge in [-0.2, -0.15) is 18.5 Å². The van der Waals surface area contributed by atoms with Crippen LogP contribution in [0.2, 0.25) is 5.02 Å². The van der Waals surface area contributed by atoms with E-state index in [9.17, 15) is 13.2 Å². The van der Waals surface area contributed by atoms with E-state index in [1.807, 2.05) is 66.7 Å². The molecule has 3 N–H and O–H groups in total. The van der Waals surface area contributed by atoms with Crippen LogP contribution in [-0.4, -0.2) is 43.5 Å². The molecule has 1 atom stereocenters. The maximum atomic E-state index is 13.5. The lowest BCUT2D eigenvalue weighted by Crippen LogP contribution is -2.37. The van der Waals surface area contributed by atoms with Gasteiger partial charge in [-0.05, 0) is 46.2 Å². The van der Waals surface area contributed by atoms with Crippen LogP contribution in [0, 0.1) is 0 Å². The second-order valence-corrected chi connectivity index (χ2v) is 11.1. The molecule has 40 heavy (non-hydrogen) atoms. The first-order valence-corrected chi connectivity index (χ1v) is 14.1. The predicted molar refractivity (Wildman–Crippen MR) is 158 cm³/mol. The fourth-order valence-electron chi connectivity index (χ4n) is 4.38. The Balaban J connectivity index is 1.62. The van der Waals surface area contributed by atoms with Crippen LogP contribution in [-0.2, 0) is 14.8 Å². The van der Waals surface area contributed by atoms with E-state index in [-0.39, 0.29) is 29.3 Å². The maximum absolute atomic E-state index is 13.5. The lowest BCUT2D eigenvalue weighted by molar-refractivity contribution is -0.117. The van der Waals surface area contributed by atoms with Crippen molar-refractivity contribution in [2.45, 2.75) is 17.7 Å². The number of hydrazone groups is 1. The number of hydrogen-bond donors (Lipinski definition) is 2. The molecule has 4 aromatic rings. The molecule has 1 aliphatic rings. The predicted octanol–water partition coefficient (Wildman–Crippen LogP) is 4.49. The van der Waals surface area contributed by atoms with Crippen LogP contribution >= 0.6 is 11.6 Å². The number of rotatable bonds is 4. The van der Waals surface area contributed by atoms with Crippen molar-refractivity contribution in [1.82, 2.24) is 10.3 Å². The number of fused-ring (bicyclic) bond motifs is 1. The van der Waals surface area contributed by atoms with Crippen LogP contribution in [0.15, 0.2) is 116 Å². The minimum atomic E-state index is -4.25. The average molecular weight is 573 g/mol. The Morgan fingerprint density at radius 1 is 0.975 bits per heavy atom. The summed E-state index contributed by atoms with van der Waals surface area (Å²) in [5.74, 6) is -1.31. The highest BCUT2D eigenvalue weighted by Gasteiger charge is 2.33. The number of amides is 1. The van der Waals surface area contributed by atoms with Crippen molar-refractivity contribution in [3.8, 4) is 0 Å². The summed E-state index contributed by atoms with van der Waals surface area (Å²) in [4.78, 5) is 15.8. The standard InChI is InChI=1S/C29H25ClN6O3S/c1-19(37)32-28(31)33-29(35-40(38,39)25-16-13-20-7-5-6-10-23(20)17-25)36-18-26(21-8-3-2-4-9-21)27(34-36)22-11-14-24(30)15-12-22/h2-17,26H,18H2,1H3,(H3,31,32,33,35,37)/t26-/m1/s1. The van der Waals surface area contributed by atoms with E-state index in [1.165, 1.54) is 18.0 Å². The zero-order valence-corrected chi connectivity index (χ0v) is 23.0. The van der Waals surface area contributed by atoms with Gasteiger partial charge in [0.2, 0.25) is 11.9 Å². The SMILES string of the molecule is CC(=O)N/C(N)=N/C(=N/S(=O)(=O)c1ccc2ccccc2c1)N1C[C@H](c2ccccc2)C(c2ccc(Cl)cc2)=N1. The number of carbonyl (C=O) groups is 1. The highest BCUT2D eigenvalue weighted by atomic mass is 35.5. The number of nitrogens with one attached hydrogen (secondary N) is 1. The first kappa shape index (κ1) is 27.0. The van der Waals surface area contributed by atoms with E-state index in [0.29, 0.717) is 10.7 Å². The molecule has 0 saturated heterocycles. The molecule has 9 nitrogen and oxygen atoms in total. The van der Waals surface area contributed by atoms with Crippen LogP contribution in [0.25, 0.3) is 10.8 Å². The summed E-state index contributed by atoms with van der Waals surface area (Å²) in [7, 11) is -4.25. The largest absolute Gasteiger partial charge is 0.369 e. The van der Waals surface area contributed by atoms with Gasteiger partial charge in [0.25, 0.3) is 16.0 Å². The lowest BCUT2D eigenvalue weighted by atomic mass is 9.91. The van der Waals surface area contributed by atoms with Gasteiger partial charge in [0, 0.05) is 17.9 Å². The summed E-state index contributed by atoms with van der Waals surface area (Å²) >= 11 is 6.11. The number of sulfonamides is 1. The minimum Gasteiger partial charge on any atom is -0.369 e. The summed E-state index contributed by atoms with van der Waals surface area (Å²) in [6, 6.07) is 29.1. The molecule has 0 spiro atoms. The Bertz CT molecular complexity index is 1770. The van der Waals surface area contributed by atoms with Crippen molar-refractivity contribution in [3.63, 3.8) is 0 Å². The molecule has 0 unspecified atom stereocenters. The molecule has 0 fully saturated rings. The Labute approximate surface area is 236 Å². The maximum Gasteiger partial charge on any atom is 0.285 e. The van der Waals surface area contributed by atoms with Crippen LogP contribution in [0.4, 0.5) is 0 Å². The summed E-state index contributed by atoms with van der Waals surface area (Å²) < 4.78 is 31.1. The Kier molecular flexibility index (Phi) is 7.63. The number of guanidine groups is 2. The van der Waals surface area contributed by atoms with Gasteiger partial charge in [-0.25, -0.2) is 5.01 Å². The molecule has 202 valence electrons. The molecule has 0 bridgehead atoms. The fourth-order valence-corrected chi connectivity index (χ4v) is 5.48. The molecule has 0 radical (unpaired) electrons. The van der Waals surface area contributed by atoms with Crippen molar-refractivity contribution in [3.05, 3.63) is 113 Å². The number of nitrogens with two attached hydrogens (primary N) is 1. The van der Waals surface area contributed by atoms with Crippen molar-refractivity contribution in [2.24, 2.45) is 20.2 Å². The second-order valence-electron chi connectivity index (χ2n) is 9.09. The van der Waals surface area contributed by atoms with Gasteiger partial charge in [-0.1, -0.05) is 84.4 Å². The van der Waals surface area contributed by atoms with E-state index in [0.717, 1.165) is 21.9 Å². The van der Waals surface area contributed by atoms with Gasteiger partial charge >= 0.3 is 0 Å². The Morgan fingerprint density at radius 3 is 2.35 bits per heavy atom. The van der Waals surface area contributed by atoms with E-state index in [1.54, 1.807) is 24.3 Å². The van der Waals surface area contributed by atoms with Gasteiger partial charge in [0.15, 0.2) is 0 Å². The summed E-state index contributed by atoms with van der Waals surface area (Å²) in [5, 5.41) is 10.7. The van der Waals surface area contributed by atoms with Gasteiger partial charge in [0.1, 0.15) is 0 Å². The molecule has 0 aliphatic carbocycles. The molecule has 1 amide bonds. The van der Waals surface area contributed by atoms with Crippen LogP contribution in [0.1, 0.15) is 24.0 Å². The van der Waals surface area contributed by atoms with E-state index >= 15 is 0 Å². The number of nitrogens with zero attached hydrogens (tertiary/aromatic N) is 4. The molecule has 11 heteroatoms. The van der Waals surface area contributed by atoms with E-state index in [2.05, 4.69) is 14.7 Å². The molecular formula is C29H25ClN6O3S. The number of aliphatic imine (C=N–C) groups is 1. The van der Waals surface area contributed by atoms with Gasteiger partial charge in [0.05, 0.1) is 17.2 Å². The zero-order valence-electron chi connectivity index (χ0n) is 21.4. The first-order valence-electron chi connectivity index (χ1n) is 12.3. The zero-order chi connectivity index (χ0) is 28.3. The molecule has 0 aromatic heterocycles. The van der Waals surface area contributed by atoms with Gasteiger partial charge < -0.3 is 5.73 Å². The molecule has 5 rings (SSSR count). The molecule has 1 aliphatic heterocycles. The summed E-state index contributed by atoms with van der Waals surface area (Å²) in [6.07, 6.45) is 0. The number of halogens is 1. The van der Waals surface area contributed by atoms with Gasteiger partial charge in [-0.15, -0.1) is 4.40 Å². The summed E-state index contributed by atoms with van der Waals surface area (Å²) in [6.45, 7) is 1.49. The van der Waals surface area contributed by atoms with Crippen LogP contribution in [0.3, 0.4) is 0 Å². The monoisotopic (exact) mass is 572 g/mol. The van der Waals surface area contributed by atoms with E-state index < -0.39 is 15.9 Å². The second kappa shape index (κ2) is 11.3.